The van der Waals surface area contributed by atoms with Gasteiger partial charge in [0.05, 0.1) is 16.7 Å². The molecule has 0 aliphatic heterocycles. The van der Waals surface area contributed by atoms with Crippen molar-refractivity contribution in [3.63, 3.8) is 0 Å². The van der Waals surface area contributed by atoms with Crippen molar-refractivity contribution in [1.29, 1.82) is 0 Å². The Morgan fingerprint density at radius 2 is 1.95 bits per heavy atom. The number of H-pyrrole nitrogens is 2. The molecular formula is C14H16BrN3O4. The van der Waals surface area contributed by atoms with Crippen molar-refractivity contribution < 1.29 is 14.3 Å². The molecule has 3 N–H and O–H groups in total. The van der Waals surface area contributed by atoms with Crippen LogP contribution in [0.3, 0.4) is 0 Å². The molecule has 2 aromatic rings. The summed E-state index contributed by atoms with van der Waals surface area (Å²) in [5, 5.41) is 2.62. The Labute approximate surface area is 134 Å². The summed E-state index contributed by atoms with van der Waals surface area (Å²) in [4.78, 5) is 39.6. The van der Waals surface area contributed by atoms with Gasteiger partial charge in [0, 0.05) is 10.9 Å². The number of unbranched alkanes of at least 4 members (excludes halogenated alkanes) is 1. The maximum absolute atomic E-state index is 11.8. The van der Waals surface area contributed by atoms with Crippen molar-refractivity contribution in [1.82, 2.24) is 9.97 Å². The van der Waals surface area contributed by atoms with E-state index < -0.39 is 5.91 Å². The number of benzene rings is 1. The number of amides is 1. The van der Waals surface area contributed by atoms with Gasteiger partial charge in [0.2, 0.25) is 0 Å². The zero-order chi connectivity index (χ0) is 16.1. The van der Waals surface area contributed by atoms with E-state index in [-0.39, 0.29) is 18.3 Å². The molecule has 0 aliphatic carbocycles. The zero-order valence-corrected chi connectivity index (χ0v) is 13.6. The number of hydrogen-bond acceptors (Lipinski definition) is 4. The van der Waals surface area contributed by atoms with E-state index in [0.717, 1.165) is 12.8 Å². The Morgan fingerprint density at radius 3 is 2.64 bits per heavy atom. The highest BCUT2D eigenvalue weighted by Crippen LogP contribution is 2.26. The van der Waals surface area contributed by atoms with Gasteiger partial charge in [-0.1, -0.05) is 13.3 Å². The fourth-order valence-electron chi connectivity index (χ4n) is 1.88. The Morgan fingerprint density at radius 1 is 1.27 bits per heavy atom. The van der Waals surface area contributed by atoms with E-state index in [2.05, 4.69) is 31.2 Å². The number of carbonyl (C=O) groups is 2. The molecular weight excluding hydrogens is 354 g/mol. The first-order valence-corrected chi connectivity index (χ1v) is 7.66. The van der Waals surface area contributed by atoms with Crippen LogP contribution in [0, 0.1) is 0 Å². The lowest BCUT2D eigenvalue weighted by Gasteiger charge is -2.08. The molecule has 1 aromatic heterocycles. The van der Waals surface area contributed by atoms with E-state index in [1.165, 1.54) is 0 Å². The molecule has 2 rings (SSSR count). The number of halogens is 1. The van der Waals surface area contributed by atoms with Crippen LogP contribution in [0.1, 0.15) is 26.2 Å². The first-order chi connectivity index (χ1) is 10.5. The lowest BCUT2D eigenvalue weighted by molar-refractivity contribution is -0.147. The van der Waals surface area contributed by atoms with Gasteiger partial charge in [-0.2, -0.15) is 0 Å². The Hall–Kier alpha value is -2.09. The highest BCUT2D eigenvalue weighted by molar-refractivity contribution is 9.10. The first kappa shape index (κ1) is 16.3. The van der Waals surface area contributed by atoms with Gasteiger partial charge in [-0.3, -0.25) is 9.59 Å². The number of imidazole rings is 1. The van der Waals surface area contributed by atoms with Crippen LogP contribution in [0.25, 0.3) is 11.0 Å². The highest BCUT2D eigenvalue weighted by atomic mass is 79.9. The molecule has 1 amide bonds. The van der Waals surface area contributed by atoms with E-state index in [4.69, 9.17) is 4.74 Å². The predicted molar refractivity (Wildman–Crippen MR) is 85.7 cm³/mol. The summed E-state index contributed by atoms with van der Waals surface area (Å²) in [6.45, 7) is 1.63. The van der Waals surface area contributed by atoms with Crippen molar-refractivity contribution in [3.05, 3.63) is 27.1 Å². The second-order valence-corrected chi connectivity index (χ2v) is 5.62. The summed E-state index contributed by atoms with van der Waals surface area (Å²) in [6, 6.07) is 3.30. The number of esters is 1. The maximum Gasteiger partial charge on any atom is 0.323 e. The lowest BCUT2D eigenvalue weighted by Crippen LogP contribution is -2.21. The SMILES string of the molecule is CCCCC(=O)OCC(=O)Nc1cc2[nH]c(=O)[nH]c2cc1Br. The number of nitrogens with one attached hydrogen (secondary N) is 3. The number of carbonyl (C=O) groups excluding carboxylic acids is 2. The summed E-state index contributed by atoms with van der Waals surface area (Å²) in [7, 11) is 0. The minimum absolute atomic E-state index is 0.310. The van der Waals surface area contributed by atoms with Crippen molar-refractivity contribution in [3.8, 4) is 0 Å². The van der Waals surface area contributed by atoms with E-state index >= 15 is 0 Å². The summed E-state index contributed by atoms with van der Waals surface area (Å²) in [5.74, 6) is -0.829. The topological polar surface area (TPSA) is 104 Å². The summed E-state index contributed by atoms with van der Waals surface area (Å²) >= 11 is 3.31. The fourth-order valence-corrected chi connectivity index (χ4v) is 2.32. The minimum atomic E-state index is -0.442. The number of hydrogen-bond donors (Lipinski definition) is 3. The number of fused-ring (bicyclic) bond motifs is 1. The lowest BCUT2D eigenvalue weighted by atomic mass is 10.2. The molecule has 0 fully saturated rings. The van der Waals surface area contributed by atoms with E-state index in [1.54, 1.807) is 12.1 Å². The molecule has 1 heterocycles. The molecule has 0 spiro atoms. The molecule has 0 radical (unpaired) electrons. The summed E-state index contributed by atoms with van der Waals surface area (Å²) in [5.41, 5.74) is 1.36. The monoisotopic (exact) mass is 369 g/mol. The maximum atomic E-state index is 11.8. The van der Waals surface area contributed by atoms with Crippen LogP contribution < -0.4 is 11.0 Å². The summed E-state index contributed by atoms with van der Waals surface area (Å²) < 4.78 is 5.49. The van der Waals surface area contributed by atoms with Crippen molar-refractivity contribution >= 4 is 44.5 Å². The second-order valence-electron chi connectivity index (χ2n) is 4.77. The van der Waals surface area contributed by atoms with Gasteiger partial charge < -0.3 is 20.0 Å². The van der Waals surface area contributed by atoms with Gasteiger partial charge in [0.25, 0.3) is 5.91 Å². The van der Waals surface area contributed by atoms with Gasteiger partial charge in [0.15, 0.2) is 6.61 Å². The number of rotatable bonds is 6. The van der Waals surface area contributed by atoms with Crippen LogP contribution in [0.15, 0.2) is 21.4 Å². The highest BCUT2D eigenvalue weighted by Gasteiger charge is 2.11. The molecule has 0 atom stereocenters. The molecule has 0 saturated heterocycles. The van der Waals surface area contributed by atoms with Crippen LogP contribution in [0.5, 0.6) is 0 Å². The number of aromatic nitrogens is 2. The van der Waals surface area contributed by atoms with E-state index in [1.807, 2.05) is 6.92 Å². The number of ether oxygens (including phenoxy) is 1. The molecule has 8 heteroatoms. The molecule has 0 unspecified atom stereocenters. The zero-order valence-electron chi connectivity index (χ0n) is 12.0. The van der Waals surface area contributed by atoms with Gasteiger partial charge in [-0.05, 0) is 34.5 Å². The van der Waals surface area contributed by atoms with Crippen LogP contribution in [-0.4, -0.2) is 28.5 Å². The van der Waals surface area contributed by atoms with Gasteiger partial charge in [-0.25, -0.2) is 4.79 Å². The largest absolute Gasteiger partial charge is 0.456 e. The Balaban J connectivity index is 1.98. The van der Waals surface area contributed by atoms with Crippen molar-refractivity contribution in [2.45, 2.75) is 26.2 Å². The van der Waals surface area contributed by atoms with E-state index in [0.29, 0.717) is 27.6 Å². The van der Waals surface area contributed by atoms with Gasteiger partial charge in [-0.15, -0.1) is 0 Å². The standard InChI is InChI=1S/C14H16BrN3O4/c1-2-3-4-13(20)22-7-12(19)16-9-6-11-10(5-8(9)15)17-14(21)18-11/h5-6H,2-4,7H2,1H3,(H,16,19)(H2,17,18,21). The Kier molecular flexibility index (Phi) is 5.37. The normalized spacial score (nSPS) is 10.6. The third-order valence-electron chi connectivity index (χ3n) is 2.98. The molecule has 0 saturated carbocycles. The predicted octanol–water partition coefficient (Wildman–Crippen LogP) is 2.29. The summed E-state index contributed by atoms with van der Waals surface area (Å²) in [6.07, 6.45) is 1.94. The second kappa shape index (κ2) is 7.26. The third kappa shape index (κ3) is 4.20. The minimum Gasteiger partial charge on any atom is -0.456 e. The van der Waals surface area contributed by atoms with E-state index in [9.17, 15) is 14.4 Å². The average molecular weight is 370 g/mol. The van der Waals surface area contributed by atoms with Crippen LogP contribution >= 0.6 is 15.9 Å². The van der Waals surface area contributed by atoms with Crippen LogP contribution in [0.2, 0.25) is 0 Å². The average Bonchev–Trinajstić information content (AvgIpc) is 2.82. The van der Waals surface area contributed by atoms with Crippen molar-refractivity contribution in [2.24, 2.45) is 0 Å². The first-order valence-electron chi connectivity index (χ1n) is 6.86. The molecule has 0 bridgehead atoms. The third-order valence-corrected chi connectivity index (χ3v) is 3.63. The molecule has 7 nitrogen and oxygen atoms in total. The van der Waals surface area contributed by atoms with Gasteiger partial charge >= 0.3 is 11.7 Å². The van der Waals surface area contributed by atoms with Crippen LogP contribution in [0.4, 0.5) is 5.69 Å². The van der Waals surface area contributed by atoms with Crippen molar-refractivity contribution in [2.75, 3.05) is 11.9 Å². The number of aromatic amines is 2. The number of anilines is 1. The quantitative estimate of drug-likeness (QED) is 0.679. The molecule has 118 valence electrons. The van der Waals surface area contributed by atoms with Crippen LogP contribution in [-0.2, 0) is 14.3 Å². The molecule has 22 heavy (non-hydrogen) atoms. The molecule has 0 aliphatic rings. The van der Waals surface area contributed by atoms with Gasteiger partial charge in [0.1, 0.15) is 0 Å². The fraction of sp³-hybridized carbons (Fsp3) is 0.357. The molecule has 1 aromatic carbocycles. The Bertz CT molecular complexity index is 750. The smallest absolute Gasteiger partial charge is 0.323 e.